The van der Waals surface area contributed by atoms with E-state index in [0.717, 1.165) is 18.5 Å². The molecule has 1 atom stereocenters. The highest BCUT2D eigenvalue weighted by Gasteiger charge is 2.05. The van der Waals surface area contributed by atoms with Gasteiger partial charge in [0.1, 0.15) is 0 Å². The lowest BCUT2D eigenvalue weighted by Crippen LogP contribution is -2.13. The van der Waals surface area contributed by atoms with Crippen molar-refractivity contribution in [3.8, 4) is 0 Å². The number of fused-ring (bicyclic) bond motifs is 1. The van der Waals surface area contributed by atoms with Crippen molar-refractivity contribution in [2.75, 3.05) is 13.6 Å². The van der Waals surface area contributed by atoms with Gasteiger partial charge in [-0.25, -0.2) is 0 Å². The smallest absolute Gasteiger partial charge is 0.0705 e. The highest BCUT2D eigenvalue weighted by molar-refractivity contribution is 5.78. The monoisotopic (exact) mass is 228 g/mol. The summed E-state index contributed by atoms with van der Waals surface area (Å²) in [5.41, 5.74) is 2.30. The Balaban J connectivity index is 2.08. The van der Waals surface area contributed by atoms with Crippen LogP contribution in [0.4, 0.5) is 0 Å². The third kappa shape index (κ3) is 3.27. The van der Waals surface area contributed by atoms with Gasteiger partial charge >= 0.3 is 0 Å². The third-order valence-electron chi connectivity index (χ3n) is 3.10. The van der Waals surface area contributed by atoms with E-state index < -0.39 is 0 Å². The number of hydrogen-bond acceptors (Lipinski definition) is 2. The first kappa shape index (κ1) is 12.1. The molecule has 0 aliphatic rings. The zero-order chi connectivity index (χ0) is 12.1. The molecule has 2 rings (SSSR count). The Kier molecular flexibility index (Phi) is 4.10. The van der Waals surface area contributed by atoms with Crippen LogP contribution < -0.4 is 5.32 Å². The number of rotatable bonds is 5. The number of pyridine rings is 1. The number of nitrogens with one attached hydrogen (secondary N) is 1. The van der Waals surface area contributed by atoms with Crippen LogP contribution in [0.25, 0.3) is 10.9 Å². The molecule has 0 saturated heterocycles. The molecule has 0 aliphatic heterocycles. The van der Waals surface area contributed by atoms with Gasteiger partial charge in [0.25, 0.3) is 0 Å². The zero-order valence-corrected chi connectivity index (χ0v) is 10.6. The second-order valence-electron chi connectivity index (χ2n) is 4.70. The van der Waals surface area contributed by atoms with Crippen LogP contribution in [0.15, 0.2) is 36.4 Å². The molecule has 1 aromatic carbocycles. The summed E-state index contributed by atoms with van der Waals surface area (Å²) in [6.45, 7) is 3.36. The van der Waals surface area contributed by atoms with Crippen molar-refractivity contribution in [1.29, 1.82) is 0 Å². The first-order chi connectivity index (χ1) is 8.29. The van der Waals surface area contributed by atoms with Crippen molar-refractivity contribution in [3.05, 3.63) is 42.1 Å². The fourth-order valence-electron chi connectivity index (χ4n) is 2.07. The van der Waals surface area contributed by atoms with Crippen molar-refractivity contribution in [1.82, 2.24) is 10.3 Å². The summed E-state index contributed by atoms with van der Waals surface area (Å²) in [7, 11) is 2.00. The Morgan fingerprint density at radius 3 is 2.82 bits per heavy atom. The largest absolute Gasteiger partial charge is 0.320 e. The predicted octanol–water partition coefficient (Wildman–Crippen LogP) is 3.02. The minimum absolute atomic E-state index is 0.677. The number of aromatic nitrogens is 1. The molecular formula is C15H20N2. The fourth-order valence-corrected chi connectivity index (χ4v) is 2.07. The molecule has 1 heterocycles. The SMILES string of the molecule is CNCCC(C)Cc1ccc2ccccc2n1. The maximum absolute atomic E-state index is 4.70. The predicted molar refractivity (Wildman–Crippen MR) is 73.2 cm³/mol. The average Bonchev–Trinajstić information content (AvgIpc) is 2.36. The van der Waals surface area contributed by atoms with E-state index in [1.165, 1.54) is 17.5 Å². The first-order valence-corrected chi connectivity index (χ1v) is 6.29. The molecule has 2 nitrogen and oxygen atoms in total. The molecule has 1 aromatic heterocycles. The maximum atomic E-state index is 4.70. The highest BCUT2D eigenvalue weighted by Crippen LogP contribution is 2.15. The normalized spacial score (nSPS) is 12.8. The number of para-hydroxylation sites is 1. The summed E-state index contributed by atoms with van der Waals surface area (Å²) in [4.78, 5) is 4.70. The molecule has 0 saturated carbocycles. The Hall–Kier alpha value is -1.41. The molecule has 0 amide bonds. The van der Waals surface area contributed by atoms with Gasteiger partial charge in [0.2, 0.25) is 0 Å². The van der Waals surface area contributed by atoms with Crippen molar-refractivity contribution >= 4 is 10.9 Å². The summed E-state index contributed by atoms with van der Waals surface area (Å²) < 4.78 is 0. The topological polar surface area (TPSA) is 24.9 Å². The molecule has 1 unspecified atom stereocenters. The number of hydrogen-bond donors (Lipinski definition) is 1. The zero-order valence-electron chi connectivity index (χ0n) is 10.6. The molecule has 1 N–H and O–H groups in total. The van der Waals surface area contributed by atoms with E-state index >= 15 is 0 Å². The van der Waals surface area contributed by atoms with Crippen LogP contribution in [0.1, 0.15) is 19.0 Å². The summed E-state index contributed by atoms with van der Waals surface area (Å²) in [6.07, 6.45) is 2.26. The highest BCUT2D eigenvalue weighted by atomic mass is 14.8. The van der Waals surface area contributed by atoms with Crippen molar-refractivity contribution < 1.29 is 0 Å². The molecule has 0 radical (unpaired) electrons. The summed E-state index contributed by atoms with van der Waals surface area (Å²) >= 11 is 0. The van der Waals surface area contributed by atoms with Gasteiger partial charge in [-0.15, -0.1) is 0 Å². The standard InChI is InChI=1S/C15H20N2/c1-12(9-10-16-2)11-14-8-7-13-5-3-4-6-15(13)17-14/h3-8,12,16H,9-11H2,1-2H3. The van der Waals surface area contributed by atoms with E-state index in [1.54, 1.807) is 0 Å². The molecule has 17 heavy (non-hydrogen) atoms. The quantitative estimate of drug-likeness (QED) is 0.851. The van der Waals surface area contributed by atoms with Gasteiger partial charge in [0.05, 0.1) is 5.52 Å². The van der Waals surface area contributed by atoms with Crippen LogP contribution in [0.3, 0.4) is 0 Å². The summed E-state index contributed by atoms with van der Waals surface area (Å²) in [6, 6.07) is 12.6. The first-order valence-electron chi connectivity index (χ1n) is 6.29. The van der Waals surface area contributed by atoms with Crippen LogP contribution in [-0.2, 0) is 6.42 Å². The minimum atomic E-state index is 0.677. The Labute approximate surface area is 103 Å². The van der Waals surface area contributed by atoms with Crippen molar-refractivity contribution in [2.45, 2.75) is 19.8 Å². The number of nitrogens with zero attached hydrogens (tertiary/aromatic N) is 1. The molecule has 90 valence electrons. The lowest BCUT2D eigenvalue weighted by Gasteiger charge is -2.10. The van der Waals surface area contributed by atoms with E-state index in [0.29, 0.717) is 5.92 Å². The Morgan fingerprint density at radius 1 is 1.18 bits per heavy atom. The maximum Gasteiger partial charge on any atom is 0.0705 e. The van der Waals surface area contributed by atoms with Gasteiger partial charge in [-0.3, -0.25) is 4.98 Å². The second-order valence-corrected chi connectivity index (χ2v) is 4.70. The summed E-state index contributed by atoms with van der Waals surface area (Å²) in [5.74, 6) is 0.677. The van der Waals surface area contributed by atoms with E-state index in [9.17, 15) is 0 Å². The van der Waals surface area contributed by atoms with Crippen LogP contribution in [0.5, 0.6) is 0 Å². The van der Waals surface area contributed by atoms with Gasteiger partial charge in [-0.2, -0.15) is 0 Å². The summed E-state index contributed by atoms with van der Waals surface area (Å²) in [5, 5.41) is 4.42. The van der Waals surface area contributed by atoms with Gasteiger partial charge in [-0.05, 0) is 44.5 Å². The minimum Gasteiger partial charge on any atom is -0.320 e. The van der Waals surface area contributed by atoms with E-state index in [4.69, 9.17) is 4.98 Å². The molecule has 2 aromatic rings. The van der Waals surface area contributed by atoms with E-state index in [1.807, 2.05) is 13.1 Å². The van der Waals surface area contributed by atoms with Crippen LogP contribution >= 0.6 is 0 Å². The second kappa shape index (κ2) is 5.78. The molecule has 0 bridgehead atoms. The molecule has 0 spiro atoms. The Bertz CT molecular complexity index is 479. The fraction of sp³-hybridized carbons (Fsp3) is 0.400. The van der Waals surface area contributed by atoms with Crippen molar-refractivity contribution in [2.24, 2.45) is 5.92 Å². The van der Waals surface area contributed by atoms with Crippen LogP contribution in [-0.4, -0.2) is 18.6 Å². The lowest BCUT2D eigenvalue weighted by atomic mass is 10.0. The average molecular weight is 228 g/mol. The van der Waals surface area contributed by atoms with Crippen molar-refractivity contribution in [3.63, 3.8) is 0 Å². The van der Waals surface area contributed by atoms with Crippen LogP contribution in [0, 0.1) is 5.92 Å². The Morgan fingerprint density at radius 2 is 2.00 bits per heavy atom. The molecule has 0 fully saturated rings. The third-order valence-corrected chi connectivity index (χ3v) is 3.10. The molecule has 2 heteroatoms. The molecular weight excluding hydrogens is 208 g/mol. The molecule has 0 aliphatic carbocycles. The van der Waals surface area contributed by atoms with Gasteiger partial charge < -0.3 is 5.32 Å². The van der Waals surface area contributed by atoms with Gasteiger partial charge in [-0.1, -0.05) is 31.2 Å². The van der Waals surface area contributed by atoms with Crippen LogP contribution in [0.2, 0.25) is 0 Å². The lowest BCUT2D eigenvalue weighted by molar-refractivity contribution is 0.510. The van der Waals surface area contributed by atoms with Gasteiger partial charge in [0.15, 0.2) is 0 Å². The van der Waals surface area contributed by atoms with Gasteiger partial charge in [0, 0.05) is 11.1 Å². The van der Waals surface area contributed by atoms with E-state index in [-0.39, 0.29) is 0 Å². The number of benzene rings is 1. The van der Waals surface area contributed by atoms with E-state index in [2.05, 4.69) is 42.6 Å².